The van der Waals surface area contributed by atoms with Crippen molar-refractivity contribution in [3.05, 3.63) is 28.8 Å². The Bertz CT molecular complexity index is 437. The molecule has 5 heteroatoms. The van der Waals surface area contributed by atoms with Crippen molar-refractivity contribution in [1.82, 2.24) is 5.32 Å². The van der Waals surface area contributed by atoms with Crippen LogP contribution in [0.1, 0.15) is 26.3 Å². The number of benzene rings is 1. The molecule has 20 heavy (non-hydrogen) atoms. The molecule has 1 rings (SSSR count). The third kappa shape index (κ3) is 5.02. The second-order valence-electron chi connectivity index (χ2n) is 4.26. The van der Waals surface area contributed by atoms with Gasteiger partial charge in [-0.2, -0.15) is 0 Å². The number of carbonyl (C=O) groups excluding carboxylic acids is 1. The Hall–Kier alpha value is -1.26. The van der Waals surface area contributed by atoms with Crippen molar-refractivity contribution in [2.24, 2.45) is 0 Å². The SMILES string of the molecule is CCN[C@@H](Cc1ccc(OCC)c(Cl)c1)C(=O)OCC. The minimum Gasteiger partial charge on any atom is -0.492 e. The van der Waals surface area contributed by atoms with Gasteiger partial charge in [-0.3, -0.25) is 4.79 Å². The topological polar surface area (TPSA) is 47.6 Å². The number of rotatable bonds is 8. The average molecular weight is 300 g/mol. The average Bonchev–Trinajstić information content (AvgIpc) is 2.42. The van der Waals surface area contributed by atoms with Crippen LogP contribution in [-0.4, -0.2) is 31.8 Å². The third-order valence-corrected chi connectivity index (χ3v) is 3.05. The maximum absolute atomic E-state index is 11.8. The van der Waals surface area contributed by atoms with E-state index >= 15 is 0 Å². The fraction of sp³-hybridized carbons (Fsp3) is 0.533. The molecule has 0 heterocycles. The molecule has 0 saturated carbocycles. The minimum atomic E-state index is -0.353. The second-order valence-corrected chi connectivity index (χ2v) is 4.67. The summed E-state index contributed by atoms with van der Waals surface area (Å²) >= 11 is 6.15. The number of carbonyl (C=O) groups is 1. The van der Waals surface area contributed by atoms with Gasteiger partial charge in [0.2, 0.25) is 0 Å². The van der Waals surface area contributed by atoms with Crippen molar-refractivity contribution >= 4 is 17.6 Å². The Balaban J connectivity index is 2.77. The molecule has 0 spiro atoms. The first-order valence-electron chi connectivity index (χ1n) is 6.93. The molecule has 1 N–H and O–H groups in total. The number of esters is 1. The summed E-state index contributed by atoms with van der Waals surface area (Å²) < 4.78 is 10.5. The lowest BCUT2D eigenvalue weighted by Crippen LogP contribution is -2.39. The van der Waals surface area contributed by atoms with Crippen LogP contribution in [0.5, 0.6) is 5.75 Å². The number of hydrogen-bond donors (Lipinski definition) is 1. The van der Waals surface area contributed by atoms with Gasteiger partial charge in [-0.1, -0.05) is 24.6 Å². The van der Waals surface area contributed by atoms with Crippen molar-refractivity contribution in [2.75, 3.05) is 19.8 Å². The van der Waals surface area contributed by atoms with Crippen molar-refractivity contribution in [3.8, 4) is 5.75 Å². The molecule has 1 atom stereocenters. The Morgan fingerprint density at radius 3 is 2.60 bits per heavy atom. The quantitative estimate of drug-likeness (QED) is 0.750. The molecular formula is C15H22ClNO3. The Morgan fingerprint density at radius 2 is 2.05 bits per heavy atom. The maximum atomic E-state index is 11.8. The fourth-order valence-corrected chi connectivity index (χ4v) is 2.17. The first-order valence-corrected chi connectivity index (χ1v) is 7.31. The van der Waals surface area contributed by atoms with E-state index in [2.05, 4.69) is 5.32 Å². The highest BCUT2D eigenvalue weighted by atomic mass is 35.5. The van der Waals surface area contributed by atoms with Crippen LogP contribution in [-0.2, 0) is 16.0 Å². The molecule has 0 aliphatic heterocycles. The highest BCUT2D eigenvalue weighted by Crippen LogP contribution is 2.26. The number of ether oxygens (including phenoxy) is 2. The van der Waals surface area contributed by atoms with Crippen molar-refractivity contribution in [3.63, 3.8) is 0 Å². The summed E-state index contributed by atoms with van der Waals surface area (Å²) in [6, 6.07) is 5.22. The standard InChI is InChI=1S/C15H22ClNO3/c1-4-17-13(15(18)20-6-3)10-11-7-8-14(19-5-2)12(16)9-11/h7-9,13,17H,4-6,10H2,1-3H3/t13-/m0/s1. The molecule has 0 saturated heterocycles. The highest BCUT2D eigenvalue weighted by molar-refractivity contribution is 6.32. The summed E-state index contributed by atoms with van der Waals surface area (Å²) in [5.74, 6) is 0.424. The van der Waals surface area contributed by atoms with Gasteiger partial charge in [0.1, 0.15) is 11.8 Å². The molecular weight excluding hydrogens is 278 g/mol. The maximum Gasteiger partial charge on any atom is 0.323 e. The lowest BCUT2D eigenvalue weighted by molar-refractivity contribution is -0.145. The molecule has 0 aliphatic rings. The van der Waals surface area contributed by atoms with Gasteiger partial charge in [0.25, 0.3) is 0 Å². The number of likely N-dealkylation sites (N-methyl/N-ethyl adjacent to an activating group) is 1. The highest BCUT2D eigenvalue weighted by Gasteiger charge is 2.19. The van der Waals surface area contributed by atoms with Crippen LogP contribution in [0, 0.1) is 0 Å². The molecule has 0 bridgehead atoms. The Labute approximate surface area is 125 Å². The Morgan fingerprint density at radius 1 is 1.30 bits per heavy atom. The zero-order chi connectivity index (χ0) is 15.0. The van der Waals surface area contributed by atoms with E-state index in [1.54, 1.807) is 6.92 Å². The molecule has 4 nitrogen and oxygen atoms in total. The summed E-state index contributed by atoms with van der Waals surface area (Å²) in [7, 11) is 0. The van der Waals surface area contributed by atoms with Gasteiger partial charge in [-0.15, -0.1) is 0 Å². The first-order chi connectivity index (χ1) is 9.62. The fourth-order valence-electron chi connectivity index (χ4n) is 1.91. The van der Waals surface area contributed by atoms with Gasteiger partial charge < -0.3 is 14.8 Å². The number of nitrogens with one attached hydrogen (secondary N) is 1. The molecule has 112 valence electrons. The van der Waals surface area contributed by atoms with E-state index < -0.39 is 0 Å². The second kappa shape index (κ2) is 8.82. The van der Waals surface area contributed by atoms with Gasteiger partial charge >= 0.3 is 5.97 Å². The van der Waals surface area contributed by atoms with Crippen LogP contribution in [0.25, 0.3) is 0 Å². The number of halogens is 1. The summed E-state index contributed by atoms with van der Waals surface area (Å²) in [4.78, 5) is 11.8. The van der Waals surface area contributed by atoms with E-state index in [0.29, 0.717) is 37.0 Å². The molecule has 0 fully saturated rings. The Kier molecular flexibility index (Phi) is 7.41. The summed E-state index contributed by atoms with van der Waals surface area (Å²) in [5, 5.41) is 3.68. The van der Waals surface area contributed by atoms with E-state index in [9.17, 15) is 4.79 Å². The monoisotopic (exact) mass is 299 g/mol. The van der Waals surface area contributed by atoms with Gasteiger partial charge in [-0.05, 0) is 44.5 Å². The molecule has 0 aliphatic carbocycles. The van der Waals surface area contributed by atoms with Gasteiger partial charge in [0, 0.05) is 0 Å². The predicted octanol–water partition coefficient (Wildman–Crippen LogP) is 2.82. The third-order valence-electron chi connectivity index (χ3n) is 2.76. The smallest absolute Gasteiger partial charge is 0.323 e. The van der Waals surface area contributed by atoms with E-state index in [1.165, 1.54) is 0 Å². The zero-order valence-electron chi connectivity index (χ0n) is 12.2. The van der Waals surface area contributed by atoms with Crippen LogP contribution in [0.2, 0.25) is 5.02 Å². The minimum absolute atomic E-state index is 0.237. The van der Waals surface area contributed by atoms with E-state index in [-0.39, 0.29) is 12.0 Å². The van der Waals surface area contributed by atoms with Crippen LogP contribution >= 0.6 is 11.6 Å². The van der Waals surface area contributed by atoms with Crippen LogP contribution in [0.15, 0.2) is 18.2 Å². The van der Waals surface area contributed by atoms with E-state index in [4.69, 9.17) is 21.1 Å². The summed E-state index contributed by atoms with van der Waals surface area (Å²) in [6.45, 7) is 7.32. The van der Waals surface area contributed by atoms with Crippen molar-refractivity contribution in [2.45, 2.75) is 33.2 Å². The lowest BCUT2D eigenvalue weighted by Gasteiger charge is -2.17. The van der Waals surface area contributed by atoms with Crippen LogP contribution < -0.4 is 10.1 Å². The lowest BCUT2D eigenvalue weighted by atomic mass is 10.1. The largest absolute Gasteiger partial charge is 0.492 e. The number of hydrogen-bond acceptors (Lipinski definition) is 4. The summed E-state index contributed by atoms with van der Waals surface area (Å²) in [6.07, 6.45) is 0.540. The van der Waals surface area contributed by atoms with Gasteiger partial charge in [0.15, 0.2) is 0 Å². The molecule has 0 unspecified atom stereocenters. The molecule has 0 aromatic heterocycles. The van der Waals surface area contributed by atoms with E-state index in [0.717, 1.165) is 5.56 Å². The van der Waals surface area contributed by atoms with E-state index in [1.807, 2.05) is 32.0 Å². The zero-order valence-corrected chi connectivity index (χ0v) is 13.0. The normalized spacial score (nSPS) is 12.0. The summed E-state index contributed by atoms with van der Waals surface area (Å²) in [5.41, 5.74) is 0.970. The van der Waals surface area contributed by atoms with Crippen LogP contribution in [0.3, 0.4) is 0 Å². The van der Waals surface area contributed by atoms with Crippen molar-refractivity contribution in [1.29, 1.82) is 0 Å². The van der Waals surface area contributed by atoms with Crippen LogP contribution in [0.4, 0.5) is 0 Å². The van der Waals surface area contributed by atoms with Gasteiger partial charge in [-0.25, -0.2) is 0 Å². The van der Waals surface area contributed by atoms with Gasteiger partial charge in [0.05, 0.1) is 18.2 Å². The molecule has 0 radical (unpaired) electrons. The predicted molar refractivity (Wildman–Crippen MR) is 80.4 cm³/mol. The molecule has 1 aromatic rings. The molecule has 1 aromatic carbocycles. The first kappa shape index (κ1) is 16.8. The van der Waals surface area contributed by atoms with Crippen molar-refractivity contribution < 1.29 is 14.3 Å². The molecule has 0 amide bonds.